The summed E-state index contributed by atoms with van der Waals surface area (Å²) in [5.74, 6) is 0.569. The first-order valence-electron chi connectivity index (χ1n) is 12.1. The number of ether oxygens (including phenoxy) is 2. The summed E-state index contributed by atoms with van der Waals surface area (Å²) in [5, 5.41) is 11.8. The van der Waals surface area contributed by atoms with E-state index in [4.69, 9.17) is 14.7 Å². The second-order valence-corrected chi connectivity index (χ2v) is 9.68. The number of amides is 1. The molecule has 2 heterocycles. The quantitative estimate of drug-likeness (QED) is 0.387. The van der Waals surface area contributed by atoms with E-state index in [0.29, 0.717) is 37.8 Å². The molecular formula is C30H24N4O4S. The van der Waals surface area contributed by atoms with E-state index in [1.165, 1.54) is 18.4 Å². The number of rotatable bonds is 7. The SMILES string of the molecule is COc1cc(/C=c2\sc3n(c2=O)[C@H](c2ccccc2)C(C(=O)Nc2ccccc2)=C(C)N=3)ccc1OCC#N. The molecular weight excluding hydrogens is 512 g/mol. The van der Waals surface area contributed by atoms with Crippen molar-refractivity contribution in [2.45, 2.75) is 13.0 Å². The number of nitrogens with zero attached hydrogens (tertiary/aromatic N) is 3. The summed E-state index contributed by atoms with van der Waals surface area (Å²) in [6.07, 6.45) is 1.76. The molecule has 1 amide bonds. The van der Waals surface area contributed by atoms with Crippen LogP contribution < -0.4 is 29.7 Å². The van der Waals surface area contributed by atoms with Crippen molar-refractivity contribution in [3.63, 3.8) is 0 Å². The second kappa shape index (κ2) is 11.2. The molecule has 0 saturated carbocycles. The molecule has 0 fully saturated rings. The molecule has 0 saturated heterocycles. The Morgan fingerprint density at radius 3 is 2.51 bits per heavy atom. The van der Waals surface area contributed by atoms with Crippen LogP contribution in [-0.4, -0.2) is 24.2 Å². The largest absolute Gasteiger partial charge is 0.493 e. The highest BCUT2D eigenvalue weighted by molar-refractivity contribution is 7.07. The van der Waals surface area contributed by atoms with Crippen molar-refractivity contribution < 1.29 is 14.3 Å². The van der Waals surface area contributed by atoms with Crippen molar-refractivity contribution in [2.75, 3.05) is 19.0 Å². The van der Waals surface area contributed by atoms with Gasteiger partial charge in [-0.15, -0.1) is 0 Å². The van der Waals surface area contributed by atoms with Gasteiger partial charge in [0.15, 0.2) is 22.9 Å². The molecule has 3 aromatic carbocycles. The van der Waals surface area contributed by atoms with E-state index in [2.05, 4.69) is 10.3 Å². The van der Waals surface area contributed by atoms with Gasteiger partial charge in [0.1, 0.15) is 6.07 Å². The minimum atomic E-state index is -0.649. The van der Waals surface area contributed by atoms with Gasteiger partial charge in [0.25, 0.3) is 11.5 Å². The summed E-state index contributed by atoms with van der Waals surface area (Å²) in [5.41, 5.74) is 2.88. The maximum Gasteiger partial charge on any atom is 0.271 e. The van der Waals surface area contributed by atoms with Crippen molar-refractivity contribution in [3.05, 3.63) is 121 Å². The molecule has 5 rings (SSSR count). The average Bonchev–Trinajstić information content (AvgIpc) is 3.26. The van der Waals surface area contributed by atoms with Crippen LogP contribution in [0.3, 0.4) is 0 Å². The molecule has 1 aliphatic rings. The fraction of sp³-hybridized carbons (Fsp3) is 0.133. The summed E-state index contributed by atoms with van der Waals surface area (Å²) in [6.45, 7) is 1.69. The molecule has 1 N–H and O–H groups in total. The second-order valence-electron chi connectivity index (χ2n) is 8.67. The maximum absolute atomic E-state index is 13.8. The number of aromatic nitrogens is 1. The Morgan fingerprint density at radius 2 is 1.82 bits per heavy atom. The van der Waals surface area contributed by atoms with E-state index in [-0.39, 0.29) is 18.1 Å². The molecule has 194 valence electrons. The summed E-state index contributed by atoms with van der Waals surface area (Å²) >= 11 is 1.26. The molecule has 1 aliphatic heterocycles. The zero-order chi connectivity index (χ0) is 27.4. The normalized spacial score (nSPS) is 14.7. The predicted octanol–water partition coefficient (Wildman–Crippen LogP) is 3.78. The molecule has 0 unspecified atom stereocenters. The van der Waals surface area contributed by atoms with Gasteiger partial charge in [-0.05, 0) is 48.4 Å². The number of nitrogens with one attached hydrogen (secondary N) is 1. The monoisotopic (exact) mass is 536 g/mol. The van der Waals surface area contributed by atoms with Crippen LogP contribution in [0.1, 0.15) is 24.1 Å². The number of nitriles is 1. The number of fused-ring (bicyclic) bond motifs is 1. The number of thiazole rings is 1. The Morgan fingerprint density at radius 1 is 1.10 bits per heavy atom. The van der Waals surface area contributed by atoms with Crippen LogP contribution in [-0.2, 0) is 4.79 Å². The highest BCUT2D eigenvalue weighted by Crippen LogP contribution is 2.31. The third-order valence-corrected chi connectivity index (χ3v) is 7.17. The fourth-order valence-electron chi connectivity index (χ4n) is 4.44. The van der Waals surface area contributed by atoms with Crippen molar-refractivity contribution in [3.8, 4) is 17.6 Å². The Labute approximate surface area is 228 Å². The first-order valence-corrected chi connectivity index (χ1v) is 12.9. The number of allylic oxidation sites excluding steroid dienone is 1. The lowest BCUT2D eigenvalue weighted by molar-refractivity contribution is -0.113. The van der Waals surface area contributed by atoms with E-state index in [9.17, 15) is 9.59 Å². The van der Waals surface area contributed by atoms with Gasteiger partial charge >= 0.3 is 0 Å². The lowest BCUT2D eigenvalue weighted by Crippen LogP contribution is -2.40. The third kappa shape index (κ3) is 5.23. The van der Waals surface area contributed by atoms with E-state index < -0.39 is 6.04 Å². The molecule has 1 atom stereocenters. The van der Waals surface area contributed by atoms with Crippen molar-refractivity contribution in [1.82, 2.24) is 4.57 Å². The van der Waals surface area contributed by atoms with Crippen LogP contribution in [0.4, 0.5) is 5.69 Å². The number of anilines is 1. The number of benzene rings is 3. The fourth-order valence-corrected chi connectivity index (χ4v) is 5.48. The van der Waals surface area contributed by atoms with Crippen LogP contribution in [0.2, 0.25) is 0 Å². The average molecular weight is 537 g/mol. The van der Waals surface area contributed by atoms with Gasteiger partial charge in [0, 0.05) is 5.69 Å². The van der Waals surface area contributed by atoms with E-state index in [1.54, 1.807) is 35.8 Å². The van der Waals surface area contributed by atoms with Crippen LogP contribution in [0.5, 0.6) is 11.5 Å². The van der Waals surface area contributed by atoms with Crippen LogP contribution in [0, 0.1) is 11.3 Å². The molecule has 1 aromatic heterocycles. The van der Waals surface area contributed by atoms with Gasteiger partial charge in [-0.25, -0.2) is 4.99 Å². The molecule has 0 radical (unpaired) electrons. The van der Waals surface area contributed by atoms with Gasteiger partial charge in [-0.2, -0.15) is 5.26 Å². The maximum atomic E-state index is 13.8. The highest BCUT2D eigenvalue weighted by Gasteiger charge is 2.32. The summed E-state index contributed by atoms with van der Waals surface area (Å²) in [7, 11) is 1.51. The summed E-state index contributed by atoms with van der Waals surface area (Å²) in [6, 6.07) is 25.2. The van der Waals surface area contributed by atoms with E-state index in [0.717, 1.165) is 11.1 Å². The predicted molar refractivity (Wildman–Crippen MR) is 149 cm³/mol. The third-order valence-electron chi connectivity index (χ3n) is 6.19. The molecule has 9 heteroatoms. The van der Waals surface area contributed by atoms with E-state index in [1.807, 2.05) is 66.7 Å². The number of hydrogen-bond donors (Lipinski definition) is 1. The Bertz CT molecular complexity index is 1780. The topological polar surface area (TPSA) is 106 Å². The zero-order valence-electron chi connectivity index (χ0n) is 21.3. The highest BCUT2D eigenvalue weighted by atomic mass is 32.1. The summed E-state index contributed by atoms with van der Waals surface area (Å²) < 4.78 is 12.9. The van der Waals surface area contributed by atoms with Crippen LogP contribution in [0.25, 0.3) is 6.08 Å². The molecule has 8 nitrogen and oxygen atoms in total. The standard InChI is InChI=1S/C30H24N4O4S/c1-19-26(28(35)33-22-11-7-4-8-12-22)27(21-9-5-3-6-10-21)34-29(36)25(39-30(34)32-19)18-20-13-14-23(38-16-15-31)24(17-20)37-2/h3-14,17-18,27H,16H2,1-2H3,(H,33,35)/b25-18-/t27-/m1/s1. The van der Waals surface area contributed by atoms with Gasteiger partial charge in [0.2, 0.25) is 0 Å². The number of carbonyl (C=O) groups is 1. The molecule has 39 heavy (non-hydrogen) atoms. The Kier molecular flexibility index (Phi) is 7.39. The summed E-state index contributed by atoms with van der Waals surface area (Å²) in [4.78, 5) is 32.6. The first kappa shape index (κ1) is 25.7. The van der Waals surface area contributed by atoms with Crippen LogP contribution in [0.15, 0.2) is 99.9 Å². The van der Waals surface area contributed by atoms with Crippen LogP contribution >= 0.6 is 11.3 Å². The minimum absolute atomic E-state index is 0.104. The number of carbonyl (C=O) groups excluding carboxylic acids is 1. The van der Waals surface area contributed by atoms with Gasteiger partial charge in [-0.1, -0.05) is 65.9 Å². The molecule has 0 aliphatic carbocycles. The Hall–Kier alpha value is -4.94. The molecule has 4 aromatic rings. The first-order chi connectivity index (χ1) is 19.0. The van der Waals surface area contributed by atoms with Gasteiger partial charge in [-0.3, -0.25) is 14.2 Å². The molecule has 0 bridgehead atoms. The van der Waals surface area contributed by atoms with Crippen molar-refractivity contribution in [2.24, 2.45) is 4.99 Å². The number of para-hydroxylation sites is 1. The van der Waals surface area contributed by atoms with E-state index >= 15 is 0 Å². The number of methoxy groups -OCH3 is 1. The van der Waals surface area contributed by atoms with Crippen molar-refractivity contribution >= 4 is 29.0 Å². The Balaban J connectivity index is 1.61. The smallest absolute Gasteiger partial charge is 0.271 e. The lowest BCUT2D eigenvalue weighted by Gasteiger charge is -2.25. The number of hydrogen-bond acceptors (Lipinski definition) is 7. The van der Waals surface area contributed by atoms with Crippen molar-refractivity contribution in [1.29, 1.82) is 5.26 Å². The minimum Gasteiger partial charge on any atom is -0.493 e. The van der Waals surface area contributed by atoms with Gasteiger partial charge in [0.05, 0.1) is 29.0 Å². The van der Waals surface area contributed by atoms with Gasteiger partial charge < -0.3 is 14.8 Å². The lowest BCUT2D eigenvalue weighted by atomic mass is 9.95. The molecule has 0 spiro atoms. The zero-order valence-corrected chi connectivity index (χ0v) is 22.1.